The van der Waals surface area contributed by atoms with Gasteiger partial charge in [-0.25, -0.2) is 0 Å². The predicted octanol–water partition coefficient (Wildman–Crippen LogP) is 2.99. The third kappa shape index (κ3) is 2.20. The first-order valence-corrected chi connectivity index (χ1v) is 9.50. The summed E-state index contributed by atoms with van der Waals surface area (Å²) in [5.41, 5.74) is 0.364. The number of nitrogens with zero attached hydrogens (tertiary/aromatic N) is 1. The van der Waals surface area contributed by atoms with Gasteiger partial charge in [-0.3, -0.25) is 19.3 Å². The van der Waals surface area contributed by atoms with Gasteiger partial charge >= 0.3 is 0 Å². The van der Waals surface area contributed by atoms with Crippen LogP contribution in [0.3, 0.4) is 0 Å². The molecule has 5 nitrogen and oxygen atoms in total. The Morgan fingerprint density at radius 2 is 1.69 bits per heavy atom. The van der Waals surface area contributed by atoms with E-state index in [-0.39, 0.29) is 47.1 Å². The largest absolute Gasteiger partial charge is 0.323 e. The average molecular weight is 391 g/mol. The Morgan fingerprint density at radius 3 is 2.31 bits per heavy atom. The van der Waals surface area contributed by atoms with Crippen LogP contribution in [0.25, 0.3) is 0 Å². The number of carbonyl (C=O) groups is 3. The van der Waals surface area contributed by atoms with Gasteiger partial charge in [0.2, 0.25) is 17.7 Å². The van der Waals surface area contributed by atoms with Crippen LogP contribution < -0.4 is 5.32 Å². The van der Waals surface area contributed by atoms with Gasteiger partial charge in [0.25, 0.3) is 0 Å². The maximum absolute atomic E-state index is 12.9. The molecule has 134 valence electrons. The lowest BCUT2D eigenvalue weighted by Crippen LogP contribution is -2.40. The van der Waals surface area contributed by atoms with Gasteiger partial charge in [0.15, 0.2) is 0 Å². The summed E-state index contributed by atoms with van der Waals surface area (Å²) >= 11 is 12.0. The number of anilines is 1. The minimum Gasteiger partial charge on any atom is -0.323 e. The van der Waals surface area contributed by atoms with Crippen LogP contribution in [0.2, 0.25) is 10.0 Å². The van der Waals surface area contributed by atoms with Crippen molar-refractivity contribution in [3.8, 4) is 0 Å². The molecule has 0 radical (unpaired) electrons. The highest BCUT2D eigenvalue weighted by molar-refractivity contribution is 6.44. The first-order chi connectivity index (χ1) is 12.5. The van der Waals surface area contributed by atoms with Crippen LogP contribution in [0.5, 0.6) is 0 Å². The summed E-state index contributed by atoms with van der Waals surface area (Å²) in [6, 6.07) is 4.91. The molecule has 1 N–H and O–H groups in total. The highest BCUT2D eigenvalue weighted by atomic mass is 35.5. The number of likely N-dealkylation sites (tertiary alicyclic amines) is 1. The van der Waals surface area contributed by atoms with Gasteiger partial charge < -0.3 is 5.32 Å². The second kappa shape index (κ2) is 5.57. The van der Waals surface area contributed by atoms with Crippen molar-refractivity contribution < 1.29 is 14.4 Å². The first kappa shape index (κ1) is 16.3. The van der Waals surface area contributed by atoms with Gasteiger partial charge in [-0.05, 0) is 42.2 Å². The molecule has 0 spiro atoms. The Kier molecular flexibility index (Phi) is 3.50. The zero-order chi connectivity index (χ0) is 18.2. The minimum atomic E-state index is -0.458. The van der Waals surface area contributed by atoms with Crippen molar-refractivity contribution in [3.63, 3.8) is 0 Å². The van der Waals surface area contributed by atoms with Crippen LogP contribution in [0.4, 0.5) is 5.69 Å². The lowest BCUT2D eigenvalue weighted by Gasteiger charge is -2.37. The monoisotopic (exact) mass is 390 g/mol. The van der Waals surface area contributed by atoms with Gasteiger partial charge in [0, 0.05) is 0 Å². The highest BCUT2D eigenvalue weighted by Crippen LogP contribution is 2.65. The Balaban J connectivity index is 1.34. The van der Waals surface area contributed by atoms with Gasteiger partial charge in [0.1, 0.15) is 6.54 Å². The molecule has 5 aliphatic rings. The standard InChI is InChI=1S/C19H16Cl2N2O3/c20-12-2-1-3-13(17(12)21)22-14(24)7-23-18(25)15-8-4-5-9(11-6-10(8)11)16(15)19(23)26/h1-5,8-11,15-16H,6-7H2,(H,22,24)/t8-,9-,10-,11-,15-,16+/m0/s1. The molecule has 4 aliphatic carbocycles. The van der Waals surface area contributed by atoms with Crippen molar-refractivity contribution >= 4 is 46.6 Å². The Hall–Kier alpha value is -1.85. The summed E-state index contributed by atoms with van der Waals surface area (Å²) in [5.74, 6) is -0.0606. The second-order valence-electron chi connectivity index (χ2n) is 7.57. The molecular formula is C19H16Cl2N2O3. The van der Waals surface area contributed by atoms with Crippen LogP contribution >= 0.6 is 23.2 Å². The Bertz CT molecular complexity index is 848. The zero-order valence-corrected chi connectivity index (χ0v) is 15.2. The molecule has 3 amide bonds. The second-order valence-corrected chi connectivity index (χ2v) is 8.35. The van der Waals surface area contributed by atoms with Crippen LogP contribution in [-0.2, 0) is 14.4 Å². The number of imide groups is 1. The molecule has 6 atom stereocenters. The Labute approximate surface area is 160 Å². The molecule has 3 fully saturated rings. The van der Waals surface area contributed by atoms with E-state index in [0.717, 1.165) is 11.3 Å². The molecule has 1 aliphatic heterocycles. The third-order valence-electron chi connectivity index (χ3n) is 6.28. The summed E-state index contributed by atoms with van der Waals surface area (Å²) in [5, 5.41) is 3.20. The molecule has 1 heterocycles. The first-order valence-electron chi connectivity index (χ1n) is 8.75. The summed E-state index contributed by atoms with van der Waals surface area (Å²) in [6.45, 7) is -0.289. The molecule has 0 aromatic heterocycles. The van der Waals surface area contributed by atoms with Crippen LogP contribution in [0.1, 0.15) is 6.42 Å². The molecule has 2 bridgehead atoms. The van der Waals surface area contributed by atoms with Crippen molar-refractivity contribution in [2.45, 2.75) is 6.42 Å². The lowest BCUT2D eigenvalue weighted by atomic mass is 9.63. The summed E-state index contributed by atoms with van der Waals surface area (Å²) < 4.78 is 0. The predicted molar refractivity (Wildman–Crippen MR) is 96.5 cm³/mol. The van der Waals surface area contributed by atoms with Crippen LogP contribution in [0, 0.1) is 35.5 Å². The van der Waals surface area contributed by atoms with Crippen molar-refractivity contribution in [2.75, 3.05) is 11.9 Å². The molecule has 1 aromatic carbocycles. The van der Waals surface area contributed by atoms with E-state index < -0.39 is 5.91 Å². The average Bonchev–Trinajstić information content (AvgIpc) is 3.40. The molecule has 26 heavy (non-hydrogen) atoms. The lowest BCUT2D eigenvalue weighted by molar-refractivity contribution is -0.142. The number of benzene rings is 1. The number of allylic oxidation sites excluding steroid dienone is 2. The fourth-order valence-corrected chi connectivity index (χ4v) is 5.46. The molecule has 2 saturated carbocycles. The number of hydrogen-bond donors (Lipinski definition) is 1. The number of nitrogens with one attached hydrogen (secondary N) is 1. The fraction of sp³-hybridized carbons (Fsp3) is 0.421. The highest BCUT2D eigenvalue weighted by Gasteiger charge is 2.67. The van der Waals surface area contributed by atoms with E-state index >= 15 is 0 Å². The summed E-state index contributed by atoms with van der Waals surface area (Å²) in [6.07, 6.45) is 5.34. The number of carbonyl (C=O) groups excluding carboxylic acids is 3. The van der Waals surface area contributed by atoms with Gasteiger partial charge in [0.05, 0.1) is 27.6 Å². The van der Waals surface area contributed by atoms with Crippen molar-refractivity contribution in [1.29, 1.82) is 0 Å². The number of hydrogen-bond acceptors (Lipinski definition) is 3. The molecule has 1 aromatic rings. The number of amides is 3. The molecule has 7 heteroatoms. The van der Waals surface area contributed by atoms with E-state index in [9.17, 15) is 14.4 Å². The number of rotatable bonds is 3. The van der Waals surface area contributed by atoms with Gasteiger partial charge in [-0.1, -0.05) is 41.4 Å². The summed E-state index contributed by atoms with van der Waals surface area (Å²) in [4.78, 5) is 39.2. The Morgan fingerprint density at radius 1 is 1.08 bits per heavy atom. The fourth-order valence-electron chi connectivity index (χ4n) is 5.11. The normalized spacial score (nSPS) is 36.2. The topological polar surface area (TPSA) is 66.5 Å². The molecule has 0 unspecified atom stereocenters. The van der Waals surface area contributed by atoms with Crippen molar-refractivity contribution in [2.24, 2.45) is 35.5 Å². The zero-order valence-electron chi connectivity index (χ0n) is 13.7. The van der Waals surface area contributed by atoms with Crippen LogP contribution in [0.15, 0.2) is 30.4 Å². The minimum absolute atomic E-state index is 0.155. The maximum atomic E-state index is 12.9. The van der Waals surface area contributed by atoms with Gasteiger partial charge in [-0.15, -0.1) is 0 Å². The van der Waals surface area contributed by atoms with Gasteiger partial charge in [-0.2, -0.15) is 0 Å². The third-order valence-corrected chi connectivity index (χ3v) is 7.10. The SMILES string of the molecule is O=C(CN1C(=O)[C@@H]2[C@H]3C=C[C@@H]([C@@H]4C[C@@H]34)[C@@H]2C1=O)Nc1cccc(Cl)c1Cl. The van der Waals surface area contributed by atoms with Crippen LogP contribution in [-0.4, -0.2) is 29.2 Å². The van der Waals surface area contributed by atoms with E-state index in [0.29, 0.717) is 22.5 Å². The van der Waals surface area contributed by atoms with E-state index in [1.54, 1.807) is 18.2 Å². The van der Waals surface area contributed by atoms with E-state index in [4.69, 9.17) is 23.2 Å². The van der Waals surface area contributed by atoms with E-state index in [2.05, 4.69) is 17.5 Å². The molecule has 6 rings (SSSR count). The van der Waals surface area contributed by atoms with E-state index in [1.165, 1.54) is 0 Å². The van der Waals surface area contributed by atoms with Crippen molar-refractivity contribution in [3.05, 3.63) is 40.4 Å². The summed E-state index contributed by atoms with van der Waals surface area (Å²) in [7, 11) is 0. The number of halogens is 2. The smallest absolute Gasteiger partial charge is 0.244 e. The van der Waals surface area contributed by atoms with Crippen molar-refractivity contribution in [1.82, 2.24) is 4.90 Å². The molecular weight excluding hydrogens is 375 g/mol. The maximum Gasteiger partial charge on any atom is 0.244 e. The molecule has 1 saturated heterocycles. The quantitative estimate of drug-likeness (QED) is 0.637. The van der Waals surface area contributed by atoms with E-state index in [1.807, 2.05) is 0 Å².